The zero-order valence-electron chi connectivity index (χ0n) is 11.1. The highest BCUT2D eigenvalue weighted by molar-refractivity contribution is 5.44. The number of aromatic hydroxyl groups is 1. The minimum atomic E-state index is -1.13. The van der Waals surface area contributed by atoms with E-state index >= 15 is 0 Å². The molecule has 1 N–H and O–H groups in total. The SMILES string of the molecule is CC(C)(c1ccc(O)cc1)c1cc(F)c(F)c(C#N)c1. The molecule has 0 saturated carbocycles. The van der Waals surface area contributed by atoms with Gasteiger partial charge in [-0.25, -0.2) is 8.78 Å². The molecule has 0 aliphatic heterocycles. The van der Waals surface area contributed by atoms with E-state index in [1.165, 1.54) is 18.2 Å². The normalized spacial score (nSPS) is 11.2. The van der Waals surface area contributed by atoms with Gasteiger partial charge in [-0.1, -0.05) is 26.0 Å². The molecule has 0 heterocycles. The van der Waals surface area contributed by atoms with Crippen LogP contribution in [-0.2, 0) is 5.41 Å². The lowest BCUT2D eigenvalue weighted by molar-refractivity contribution is 0.474. The highest BCUT2D eigenvalue weighted by Crippen LogP contribution is 2.33. The van der Waals surface area contributed by atoms with E-state index in [9.17, 15) is 13.9 Å². The summed E-state index contributed by atoms with van der Waals surface area (Å²) in [6, 6.07) is 10.6. The third kappa shape index (κ3) is 2.35. The van der Waals surface area contributed by atoms with Crippen LogP contribution in [-0.4, -0.2) is 5.11 Å². The Morgan fingerprint density at radius 1 is 1.05 bits per heavy atom. The van der Waals surface area contributed by atoms with Crippen LogP contribution in [0.5, 0.6) is 5.75 Å². The number of rotatable bonds is 2. The zero-order valence-corrected chi connectivity index (χ0v) is 11.1. The van der Waals surface area contributed by atoms with Crippen LogP contribution in [0.1, 0.15) is 30.5 Å². The number of hydrogen-bond acceptors (Lipinski definition) is 2. The van der Waals surface area contributed by atoms with Crippen LogP contribution in [0.2, 0.25) is 0 Å². The molecule has 0 unspecified atom stereocenters. The number of benzene rings is 2. The summed E-state index contributed by atoms with van der Waals surface area (Å²) in [6.45, 7) is 3.68. The molecule has 0 bridgehead atoms. The average molecular weight is 273 g/mol. The van der Waals surface area contributed by atoms with Crippen LogP contribution < -0.4 is 0 Å². The van der Waals surface area contributed by atoms with Crippen molar-refractivity contribution in [3.8, 4) is 11.8 Å². The molecule has 0 atom stereocenters. The predicted molar refractivity (Wildman–Crippen MR) is 71.3 cm³/mol. The standard InChI is InChI=1S/C16H13F2NO/c1-16(2,11-3-5-13(20)6-4-11)12-7-10(9-19)15(18)14(17)8-12/h3-8,20H,1-2H3. The molecule has 0 amide bonds. The van der Waals surface area contributed by atoms with Gasteiger partial charge in [0.25, 0.3) is 0 Å². The summed E-state index contributed by atoms with van der Waals surface area (Å²) in [4.78, 5) is 0. The molecule has 0 spiro atoms. The fourth-order valence-electron chi connectivity index (χ4n) is 2.08. The van der Waals surface area contributed by atoms with Gasteiger partial charge in [0, 0.05) is 5.41 Å². The molecule has 0 radical (unpaired) electrons. The lowest BCUT2D eigenvalue weighted by Gasteiger charge is -2.26. The van der Waals surface area contributed by atoms with Crippen molar-refractivity contribution in [3.63, 3.8) is 0 Å². The Morgan fingerprint density at radius 3 is 2.20 bits per heavy atom. The molecule has 102 valence electrons. The van der Waals surface area contributed by atoms with Crippen molar-refractivity contribution in [1.82, 2.24) is 0 Å². The lowest BCUT2D eigenvalue weighted by Crippen LogP contribution is -2.19. The summed E-state index contributed by atoms with van der Waals surface area (Å²) in [7, 11) is 0. The minimum absolute atomic E-state index is 0.132. The molecule has 2 rings (SSSR count). The van der Waals surface area contributed by atoms with Gasteiger partial charge in [-0.2, -0.15) is 5.26 Å². The topological polar surface area (TPSA) is 44.0 Å². The van der Waals surface area contributed by atoms with Gasteiger partial charge in [-0.15, -0.1) is 0 Å². The number of halogens is 2. The van der Waals surface area contributed by atoms with E-state index in [0.717, 1.165) is 11.6 Å². The first-order valence-corrected chi connectivity index (χ1v) is 6.05. The van der Waals surface area contributed by atoms with Crippen LogP contribution >= 0.6 is 0 Å². The quantitative estimate of drug-likeness (QED) is 0.902. The summed E-state index contributed by atoms with van der Waals surface area (Å²) < 4.78 is 27.0. The molecule has 20 heavy (non-hydrogen) atoms. The zero-order chi connectivity index (χ0) is 14.9. The van der Waals surface area contributed by atoms with Gasteiger partial charge in [-0.05, 0) is 35.4 Å². The monoisotopic (exact) mass is 273 g/mol. The molecule has 0 fully saturated rings. The Labute approximate surface area is 115 Å². The summed E-state index contributed by atoms with van der Waals surface area (Å²) >= 11 is 0. The van der Waals surface area contributed by atoms with Crippen molar-refractivity contribution in [3.05, 3.63) is 64.7 Å². The largest absolute Gasteiger partial charge is 0.508 e. The van der Waals surface area contributed by atoms with Gasteiger partial charge < -0.3 is 5.11 Å². The third-order valence-corrected chi connectivity index (χ3v) is 3.46. The Hall–Kier alpha value is -2.41. The summed E-state index contributed by atoms with van der Waals surface area (Å²) in [5, 5.41) is 18.2. The maximum Gasteiger partial charge on any atom is 0.176 e. The number of nitriles is 1. The number of hydrogen-bond donors (Lipinski definition) is 1. The van der Waals surface area contributed by atoms with Gasteiger partial charge in [0.15, 0.2) is 11.6 Å². The predicted octanol–water partition coefficient (Wildman–Crippen LogP) is 3.87. The first-order chi connectivity index (χ1) is 9.36. The lowest BCUT2D eigenvalue weighted by atomic mass is 9.77. The van der Waals surface area contributed by atoms with Gasteiger partial charge >= 0.3 is 0 Å². The molecule has 0 aliphatic rings. The maximum absolute atomic E-state index is 13.6. The molecule has 2 aromatic carbocycles. The van der Waals surface area contributed by atoms with E-state index < -0.39 is 17.0 Å². The van der Waals surface area contributed by atoms with E-state index in [-0.39, 0.29) is 11.3 Å². The van der Waals surface area contributed by atoms with Crippen molar-refractivity contribution in [2.24, 2.45) is 0 Å². The van der Waals surface area contributed by atoms with Crippen LogP contribution in [0.15, 0.2) is 36.4 Å². The third-order valence-electron chi connectivity index (χ3n) is 3.46. The van der Waals surface area contributed by atoms with E-state index in [1.807, 2.05) is 13.8 Å². The molecule has 2 nitrogen and oxygen atoms in total. The van der Waals surface area contributed by atoms with Crippen molar-refractivity contribution >= 4 is 0 Å². The summed E-state index contributed by atoms with van der Waals surface area (Å²) in [6.07, 6.45) is 0. The fourth-order valence-corrected chi connectivity index (χ4v) is 2.08. The number of nitrogens with zero attached hydrogens (tertiary/aromatic N) is 1. The minimum Gasteiger partial charge on any atom is -0.508 e. The Morgan fingerprint density at radius 2 is 1.65 bits per heavy atom. The first kappa shape index (κ1) is 14.0. The summed E-state index contributed by atoms with van der Waals surface area (Å²) in [5.74, 6) is -2.03. The fraction of sp³-hybridized carbons (Fsp3) is 0.188. The highest BCUT2D eigenvalue weighted by atomic mass is 19.2. The first-order valence-electron chi connectivity index (χ1n) is 6.05. The summed E-state index contributed by atoms with van der Waals surface area (Å²) in [5.41, 5.74) is 0.393. The Kier molecular flexibility index (Phi) is 3.46. The van der Waals surface area contributed by atoms with Crippen molar-refractivity contribution in [2.75, 3.05) is 0 Å². The van der Waals surface area contributed by atoms with Gasteiger partial charge in [0.2, 0.25) is 0 Å². The smallest absolute Gasteiger partial charge is 0.176 e. The van der Waals surface area contributed by atoms with Crippen molar-refractivity contribution in [2.45, 2.75) is 19.3 Å². The second-order valence-electron chi connectivity index (χ2n) is 5.10. The molecular weight excluding hydrogens is 260 g/mol. The van der Waals surface area contributed by atoms with E-state index in [4.69, 9.17) is 5.26 Å². The Bertz CT molecular complexity index is 685. The van der Waals surface area contributed by atoms with E-state index in [2.05, 4.69) is 0 Å². The second kappa shape index (κ2) is 4.93. The average Bonchev–Trinajstić information content (AvgIpc) is 2.42. The van der Waals surface area contributed by atoms with Crippen LogP contribution in [0.4, 0.5) is 8.78 Å². The molecule has 0 aromatic heterocycles. The molecule has 2 aromatic rings. The van der Waals surface area contributed by atoms with E-state index in [0.29, 0.717) is 5.56 Å². The molecule has 0 aliphatic carbocycles. The molecular formula is C16H13F2NO. The molecule has 0 saturated heterocycles. The molecule has 4 heteroatoms. The van der Waals surface area contributed by atoms with Crippen LogP contribution in [0, 0.1) is 23.0 Å². The van der Waals surface area contributed by atoms with Crippen LogP contribution in [0.25, 0.3) is 0 Å². The Balaban J connectivity index is 2.57. The van der Waals surface area contributed by atoms with Crippen molar-refractivity contribution in [1.29, 1.82) is 5.26 Å². The highest BCUT2D eigenvalue weighted by Gasteiger charge is 2.25. The van der Waals surface area contributed by atoms with Gasteiger partial charge in [-0.3, -0.25) is 0 Å². The van der Waals surface area contributed by atoms with Gasteiger partial charge in [0.05, 0.1) is 5.56 Å². The van der Waals surface area contributed by atoms with Crippen LogP contribution in [0.3, 0.4) is 0 Å². The van der Waals surface area contributed by atoms with E-state index in [1.54, 1.807) is 18.2 Å². The number of phenols is 1. The second-order valence-corrected chi connectivity index (χ2v) is 5.10. The van der Waals surface area contributed by atoms with Gasteiger partial charge in [0.1, 0.15) is 11.8 Å². The van der Waals surface area contributed by atoms with Crippen molar-refractivity contribution < 1.29 is 13.9 Å². The maximum atomic E-state index is 13.6. The number of phenolic OH excluding ortho intramolecular Hbond substituents is 1.